The van der Waals surface area contributed by atoms with E-state index in [0.717, 1.165) is 72.3 Å². The Morgan fingerprint density at radius 1 is 0.902 bits per heavy atom. The Bertz CT molecular complexity index is 2090. The fourth-order valence-electron chi connectivity index (χ4n) is 6.52. The summed E-state index contributed by atoms with van der Waals surface area (Å²) < 4.78 is 34.0. The lowest BCUT2D eigenvalue weighted by Gasteiger charge is -2.22. The van der Waals surface area contributed by atoms with Gasteiger partial charge in [-0.05, 0) is 66.6 Å². The number of halogens is 3. The molecule has 1 saturated heterocycles. The molecule has 0 spiro atoms. The summed E-state index contributed by atoms with van der Waals surface area (Å²) in [6.45, 7) is 3.68. The molecule has 1 aliphatic heterocycles. The number of aromatic nitrogens is 5. The van der Waals surface area contributed by atoms with Gasteiger partial charge in [-0.15, -0.1) is 10.2 Å². The monoisotopic (exact) mass is 699 g/mol. The number of aliphatic carboxylic acids is 1. The van der Waals surface area contributed by atoms with Crippen LogP contribution >= 0.6 is 0 Å². The average molecular weight is 700 g/mol. The minimum Gasteiger partial charge on any atom is -0.475 e. The second-order valence-electron chi connectivity index (χ2n) is 12.7. The number of amides is 1. The molecule has 1 aliphatic rings. The molecule has 0 radical (unpaired) electrons. The summed E-state index contributed by atoms with van der Waals surface area (Å²) in [5.41, 5.74) is 7.13. The number of benzene rings is 3. The molecule has 5 N–H and O–H groups in total. The van der Waals surface area contributed by atoms with Crippen molar-refractivity contribution in [1.29, 1.82) is 0 Å². The Balaban J connectivity index is 0.000000582. The van der Waals surface area contributed by atoms with Gasteiger partial charge in [0.25, 0.3) is 0 Å². The van der Waals surface area contributed by atoms with Gasteiger partial charge in [-0.25, -0.2) is 4.79 Å². The van der Waals surface area contributed by atoms with Crippen molar-refractivity contribution in [3.8, 4) is 0 Å². The molecule has 0 bridgehead atoms. The third-order valence-electron chi connectivity index (χ3n) is 9.27. The minimum absolute atomic E-state index is 0.0227. The van der Waals surface area contributed by atoms with Gasteiger partial charge in [-0.3, -0.25) is 4.79 Å². The summed E-state index contributed by atoms with van der Waals surface area (Å²) in [6, 6.07) is 25.0. The third-order valence-corrected chi connectivity index (χ3v) is 9.27. The zero-order valence-corrected chi connectivity index (χ0v) is 28.1. The van der Waals surface area contributed by atoms with Crippen LogP contribution in [0.15, 0.2) is 85.2 Å². The lowest BCUT2D eigenvalue weighted by atomic mass is 10.0. The number of carboxylic acids is 1. The van der Waals surface area contributed by atoms with Crippen molar-refractivity contribution in [3.05, 3.63) is 119 Å². The van der Waals surface area contributed by atoms with E-state index in [9.17, 15) is 18.0 Å². The first-order valence-corrected chi connectivity index (χ1v) is 17.0. The van der Waals surface area contributed by atoms with Gasteiger partial charge in [0.2, 0.25) is 5.91 Å². The van der Waals surface area contributed by atoms with Crippen LogP contribution < -0.4 is 10.6 Å². The van der Waals surface area contributed by atoms with Crippen LogP contribution in [0.2, 0.25) is 0 Å². The molecule has 0 aliphatic carbocycles. The highest BCUT2D eigenvalue weighted by molar-refractivity contribution is 5.85. The number of hydrogen-bond acceptors (Lipinski definition) is 5. The van der Waals surface area contributed by atoms with Gasteiger partial charge in [0.1, 0.15) is 5.82 Å². The molecule has 7 rings (SSSR count). The first kappa shape index (κ1) is 35.4. The molecular formula is C38H40F3N7O3. The van der Waals surface area contributed by atoms with Crippen molar-refractivity contribution in [2.24, 2.45) is 0 Å². The van der Waals surface area contributed by atoms with Crippen LogP contribution in [0, 0.1) is 0 Å². The largest absolute Gasteiger partial charge is 0.490 e. The fraction of sp³-hybridized carbons (Fsp3) is 0.316. The van der Waals surface area contributed by atoms with Crippen LogP contribution in [0.3, 0.4) is 0 Å². The van der Waals surface area contributed by atoms with E-state index in [4.69, 9.17) is 20.1 Å². The summed E-state index contributed by atoms with van der Waals surface area (Å²) in [7, 11) is 0. The van der Waals surface area contributed by atoms with Gasteiger partial charge in [-0.2, -0.15) is 13.2 Å². The van der Waals surface area contributed by atoms with Crippen molar-refractivity contribution in [2.75, 3.05) is 6.54 Å². The smallest absolute Gasteiger partial charge is 0.475 e. The second-order valence-corrected chi connectivity index (χ2v) is 12.7. The molecule has 6 aromatic rings. The molecule has 3 aromatic carbocycles. The number of fused-ring (bicyclic) bond motifs is 2. The summed E-state index contributed by atoms with van der Waals surface area (Å²) in [6.07, 6.45) is 4.11. The highest BCUT2D eigenvalue weighted by atomic mass is 19.4. The molecule has 13 heteroatoms. The van der Waals surface area contributed by atoms with E-state index < -0.39 is 12.1 Å². The molecule has 2 atom stereocenters. The number of para-hydroxylation sites is 2. The summed E-state index contributed by atoms with van der Waals surface area (Å²) in [4.78, 5) is 29.2. The predicted octanol–water partition coefficient (Wildman–Crippen LogP) is 6.42. The number of alkyl halides is 3. The molecule has 0 saturated carbocycles. The highest BCUT2D eigenvalue weighted by Gasteiger charge is 2.38. The van der Waals surface area contributed by atoms with Crippen LogP contribution in [-0.2, 0) is 41.8 Å². The van der Waals surface area contributed by atoms with E-state index in [1.807, 2.05) is 6.07 Å². The molecule has 1 amide bonds. The van der Waals surface area contributed by atoms with Gasteiger partial charge >= 0.3 is 12.1 Å². The zero-order chi connectivity index (χ0) is 36.0. The van der Waals surface area contributed by atoms with Gasteiger partial charge < -0.3 is 30.3 Å². The van der Waals surface area contributed by atoms with Gasteiger partial charge in [0, 0.05) is 47.0 Å². The topological polar surface area (TPSA) is 141 Å². The molecule has 10 nitrogen and oxygen atoms in total. The maximum atomic E-state index is 13.5. The molecule has 0 unspecified atom stereocenters. The number of carbonyl (C=O) groups is 2. The second kappa shape index (κ2) is 15.6. The van der Waals surface area contributed by atoms with Crippen molar-refractivity contribution >= 4 is 33.7 Å². The molecule has 4 heterocycles. The highest BCUT2D eigenvalue weighted by Crippen LogP contribution is 2.27. The zero-order valence-electron chi connectivity index (χ0n) is 28.1. The number of rotatable bonds is 11. The number of H-pyrrole nitrogens is 2. The van der Waals surface area contributed by atoms with E-state index in [2.05, 4.69) is 111 Å². The van der Waals surface area contributed by atoms with Crippen LogP contribution in [0.4, 0.5) is 13.2 Å². The Labute approximate surface area is 292 Å². The van der Waals surface area contributed by atoms with Crippen molar-refractivity contribution in [3.63, 3.8) is 0 Å². The fourth-order valence-corrected chi connectivity index (χ4v) is 6.52. The van der Waals surface area contributed by atoms with Crippen LogP contribution in [0.5, 0.6) is 0 Å². The normalized spacial score (nSPS) is 15.1. The molecule has 51 heavy (non-hydrogen) atoms. The van der Waals surface area contributed by atoms with Crippen molar-refractivity contribution < 1.29 is 27.9 Å². The SMILES string of the molecule is CCc1ccc(Cn2c(CCc3c[nH]c4ccccc34)nnc2[C@@H](Cc2c[nH]c3ccccc23)NC(=O)[C@@H]2CCCN2)cc1.O=C(O)C(F)(F)F. The lowest BCUT2D eigenvalue weighted by molar-refractivity contribution is -0.192. The van der Waals surface area contributed by atoms with Crippen LogP contribution in [0.1, 0.15) is 59.7 Å². The summed E-state index contributed by atoms with van der Waals surface area (Å²) >= 11 is 0. The number of hydrogen-bond donors (Lipinski definition) is 5. The number of nitrogens with one attached hydrogen (secondary N) is 4. The van der Waals surface area contributed by atoms with Crippen LogP contribution in [-0.4, -0.2) is 60.5 Å². The first-order valence-electron chi connectivity index (χ1n) is 17.0. The number of nitrogens with zero attached hydrogens (tertiary/aromatic N) is 3. The number of aryl methyl sites for hydroxylation is 3. The minimum atomic E-state index is -5.08. The molecular weight excluding hydrogens is 659 g/mol. The Morgan fingerprint density at radius 3 is 2.12 bits per heavy atom. The maximum absolute atomic E-state index is 13.5. The standard InChI is InChI=1S/C36H39N7O.C2HF3O2/c1-2-24-13-15-25(16-14-24)23-43-34(18-17-26-21-38-30-10-5-3-8-28(26)30)41-42-35(43)33(40-36(44)32-12-7-19-37-32)20-27-22-39-31-11-6-4-9-29(27)31;3-2(4,5)1(6)7/h3-6,8-11,13-16,21-22,32-33,37-39H,2,7,12,17-20,23H2,1H3,(H,40,44);(H,6,7)/t32-,33+;/m0./s1. The van der Waals surface area contributed by atoms with Gasteiger partial charge in [0.05, 0.1) is 18.6 Å². The van der Waals surface area contributed by atoms with E-state index in [1.54, 1.807) is 0 Å². The third kappa shape index (κ3) is 8.48. The average Bonchev–Trinajstić information content (AvgIpc) is 3.95. The first-order chi connectivity index (χ1) is 24.6. The van der Waals surface area contributed by atoms with Gasteiger partial charge in [-0.1, -0.05) is 67.6 Å². The van der Waals surface area contributed by atoms with E-state index in [0.29, 0.717) is 13.0 Å². The van der Waals surface area contributed by atoms with E-state index in [-0.39, 0.29) is 18.0 Å². The lowest BCUT2D eigenvalue weighted by Crippen LogP contribution is -2.43. The van der Waals surface area contributed by atoms with Gasteiger partial charge in [0.15, 0.2) is 5.82 Å². The Morgan fingerprint density at radius 2 is 1.51 bits per heavy atom. The Kier molecular flexibility index (Phi) is 10.8. The number of carbonyl (C=O) groups excluding carboxylic acids is 1. The number of aromatic amines is 2. The van der Waals surface area contributed by atoms with Crippen molar-refractivity contribution in [1.82, 2.24) is 35.4 Å². The molecule has 266 valence electrons. The summed E-state index contributed by atoms with van der Waals surface area (Å²) in [5, 5.41) is 25.8. The van der Waals surface area contributed by atoms with E-state index >= 15 is 0 Å². The predicted molar refractivity (Wildman–Crippen MR) is 188 cm³/mol. The Hall–Kier alpha value is -5.43. The number of carboxylic acid groups (broad SMARTS) is 1. The summed E-state index contributed by atoms with van der Waals surface area (Å²) in [5.74, 6) is -1.03. The van der Waals surface area contributed by atoms with Crippen LogP contribution in [0.25, 0.3) is 21.8 Å². The van der Waals surface area contributed by atoms with E-state index in [1.165, 1.54) is 22.1 Å². The van der Waals surface area contributed by atoms with Crippen molar-refractivity contribution in [2.45, 2.75) is 70.3 Å². The maximum Gasteiger partial charge on any atom is 0.490 e. The molecule has 3 aromatic heterocycles. The quantitative estimate of drug-likeness (QED) is 0.106. The molecule has 1 fully saturated rings.